The van der Waals surface area contributed by atoms with Gasteiger partial charge in [0.1, 0.15) is 12.0 Å². The highest BCUT2D eigenvalue weighted by molar-refractivity contribution is 5.55. The summed E-state index contributed by atoms with van der Waals surface area (Å²) >= 11 is 0. The number of hydrogen-bond donors (Lipinski definition) is 1. The second-order valence-electron chi connectivity index (χ2n) is 4.67. The van der Waals surface area contributed by atoms with Gasteiger partial charge in [0.05, 0.1) is 4.92 Å². The van der Waals surface area contributed by atoms with Crippen LogP contribution in [-0.4, -0.2) is 20.7 Å². The molecule has 0 aliphatic rings. The first kappa shape index (κ1) is 14.0. The number of aryl methyl sites for hydroxylation is 1. The summed E-state index contributed by atoms with van der Waals surface area (Å²) in [5.41, 5.74) is 0.892. The summed E-state index contributed by atoms with van der Waals surface area (Å²) in [5.74, 6) is -0.0400. The monoisotopic (exact) mass is 278 g/mol. The molecule has 1 heterocycles. The van der Waals surface area contributed by atoms with Crippen LogP contribution in [0.1, 0.15) is 12.5 Å². The van der Waals surface area contributed by atoms with Crippen molar-refractivity contribution in [1.82, 2.24) is 9.78 Å². The third kappa shape index (κ3) is 3.31. The molecule has 1 N–H and O–H groups in total. The maximum absolute atomic E-state index is 12.8. The summed E-state index contributed by atoms with van der Waals surface area (Å²) in [4.78, 5) is 10.4. The first-order valence-electron chi connectivity index (χ1n) is 6.14. The number of hydrogen-bond acceptors (Lipinski definition) is 4. The number of nitrogens with zero attached hydrogens (tertiary/aromatic N) is 3. The van der Waals surface area contributed by atoms with Crippen molar-refractivity contribution in [2.24, 2.45) is 7.05 Å². The second kappa shape index (κ2) is 5.68. The molecule has 7 heteroatoms. The Labute approximate surface area is 115 Å². The van der Waals surface area contributed by atoms with Crippen LogP contribution >= 0.6 is 0 Å². The summed E-state index contributed by atoms with van der Waals surface area (Å²) in [5, 5.41) is 17.9. The van der Waals surface area contributed by atoms with Crippen LogP contribution in [-0.2, 0) is 13.5 Å². The number of halogens is 1. The van der Waals surface area contributed by atoms with Gasteiger partial charge in [0, 0.05) is 13.1 Å². The van der Waals surface area contributed by atoms with E-state index in [9.17, 15) is 14.5 Å². The molecule has 2 aromatic rings. The minimum absolute atomic E-state index is 0.0570. The molecule has 20 heavy (non-hydrogen) atoms. The standard InChI is InChI=1S/C13H15FN4O2/c1-9(7-10-3-5-11(14)6-4-10)15-13-12(18(19)20)8-17(2)16-13/h3-6,8-9H,7H2,1-2H3,(H,15,16). The van der Waals surface area contributed by atoms with Crippen molar-refractivity contribution < 1.29 is 9.31 Å². The third-order valence-electron chi connectivity index (χ3n) is 2.84. The summed E-state index contributed by atoms with van der Waals surface area (Å²) in [6.07, 6.45) is 1.97. The van der Waals surface area contributed by atoms with Gasteiger partial charge in [-0.2, -0.15) is 0 Å². The number of anilines is 1. The molecular formula is C13H15FN4O2. The van der Waals surface area contributed by atoms with Gasteiger partial charge in [-0.15, -0.1) is 5.10 Å². The Morgan fingerprint density at radius 1 is 1.45 bits per heavy atom. The van der Waals surface area contributed by atoms with Crippen molar-refractivity contribution in [2.45, 2.75) is 19.4 Å². The van der Waals surface area contributed by atoms with Gasteiger partial charge in [-0.3, -0.25) is 14.8 Å². The third-order valence-corrected chi connectivity index (χ3v) is 2.84. The van der Waals surface area contributed by atoms with Gasteiger partial charge in [0.25, 0.3) is 0 Å². The van der Waals surface area contributed by atoms with Crippen LogP contribution in [0, 0.1) is 15.9 Å². The Hall–Kier alpha value is -2.44. The largest absolute Gasteiger partial charge is 0.360 e. The predicted molar refractivity (Wildman–Crippen MR) is 73.1 cm³/mol. The lowest BCUT2D eigenvalue weighted by atomic mass is 10.1. The molecule has 106 valence electrons. The topological polar surface area (TPSA) is 73.0 Å². The molecule has 0 aliphatic carbocycles. The highest BCUT2D eigenvalue weighted by Gasteiger charge is 2.19. The fourth-order valence-electron chi connectivity index (χ4n) is 1.97. The van der Waals surface area contributed by atoms with Crippen molar-refractivity contribution in [3.05, 3.63) is 52.0 Å². The Kier molecular flexibility index (Phi) is 3.97. The zero-order valence-electron chi connectivity index (χ0n) is 11.2. The normalized spacial score (nSPS) is 12.2. The fraction of sp³-hybridized carbons (Fsp3) is 0.308. The number of rotatable bonds is 5. The van der Waals surface area contributed by atoms with Crippen molar-refractivity contribution in [3.63, 3.8) is 0 Å². The van der Waals surface area contributed by atoms with Gasteiger partial charge in [0.2, 0.25) is 5.82 Å². The van der Waals surface area contributed by atoms with Crippen LogP contribution in [0.15, 0.2) is 30.5 Å². The van der Waals surface area contributed by atoms with Gasteiger partial charge >= 0.3 is 5.69 Å². The first-order chi connectivity index (χ1) is 9.45. The maximum atomic E-state index is 12.8. The maximum Gasteiger partial charge on any atom is 0.330 e. The molecule has 0 bridgehead atoms. The first-order valence-corrected chi connectivity index (χ1v) is 6.14. The van der Waals surface area contributed by atoms with Crippen LogP contribution in [0.3, 0.4) is 0 Å². The van der Waals surface area contributed by atoms with Gasteiger partial charge < -0.3 is 5.32 Å². The lowest BCUT2D eigenvalue weighted by molar-refractivity contribution is -0.384. The average molecular weight is 278 g/mol. The van der Waals surface area contributed by atoms with E-state index in [0.29, 0.717) is 6.42 Å². The van der Waals surface area contributed by atoms with E-state index >= 15 is 0 Å². The van der Waals surface area contributed by atoms with E-state index in [0.717, 1.165) is 5.56 Å². The zero-order chi connectivity index (χ0) is 14.7. The highest BCUT2D eigenvalue weighted by Crippen LogP contribution is 2.22. The van der Waals surface area contributed by atoms with Crippen LogP contribution in [0.25, 0.3) is 0 Å². The molecule has 0 aliphatic heterocycles. The molecule has 1 atom stereocenters. The van der Waals surface area contributed by atoms with E-state index in [4.69, 9.17) is 0 Å². The highest BCUT2D eigenvalue weighted by atomic mass is 19.1. The molecule has 1 unspecified atom stereocenters. The summed E-state index contributed by atoms with van der Waals surface area (Å²) in [7, 11) is 1.63. The van der Waals surface area contributed by atoms with Crippen LogP contribution in [0.4, 0.5) is 15.9 Å². The summed E-state index contributed by atoms with van der Waals surface area (Å²) < 4.78 is 14.2. The minimum Gasteiger partial charge on any atom is -0.360 e. The van der Waals surface area contributed by atoms with Crippen molar-refractivity contribution in [1.29, 1.82) is 0 Å². The van der Waals surface area contributed by atoms with Crippen molar-refractivity contribution in [3.8, 4) is 0 Å². The number of benzene rings is 1. The van der Waals surface area contributed by atoms with Crippen LogP contribution in [0.5, 0.6) is 0 Å². The predicted octanol–water partition coefficient (Wildman–Crippen LogP) is 2.51. The molecule has 2 rings (SSSR count). The number of nitrogens with one attached hydrogen (secondary N) is 1. The molecule has 6 nitrogen and oxygen atoms in total. The average Bonchev–Trinajstić information content (AvgIpc) is 2.73. The molecule has 0 spiro atoms. The molecule has 1 aromatic heterocycles. The molecular weight excluding hydrogens is 263 g/mol. The van der Waals surface area contributed by atoms with E-state index in [1.165, 1.54) is 23.0 Å². The number of aromatic nitrogens is 2. The molecule has 0 saturated carbocycles. The van der Waals surface area contributed by atoms with Gasteiger partial charge in [-0.05, 0) is 31.0 Å². The fourth-order valence-corrected chi connectivity index (χ4v) is 1.97. The quantitative estimate of drug-likeness (QED) is 0.673. The van der Waals surface area contributed by atoms with Gasteiger partial charge in [-0.1, -0.05) is 12.1 Å². The molecule has 0 saturated heterocycles. The van der Waals surface area contributed by atoms with Gasteiger partial charge in [0.15, 0.2) is 0 Å². The number of nitro groups is 1. The van der Waals surface area contributed by atoms with Crippen molar-refractivity contribution in [2.75, 3.05) is 5.32 Å². The van der Waals surface area contributed by atoms with Crippen LogP contribution < -0.4 is 5.32 Å². The minimum atomic E-state index is -0.472. The summed E-state index contributed by atoms with van der Waals surface area (Å²) in [6, 6.07) is 6.12. The second-order valence-corrected chi connectivity index (χ2v) is 4.67. The Morgan fingerprint density at radius 2 is 2.10 bits per heavy atom. The Balaban J connectivity index is 2.06. The smallest absolute Gasteiger partial charge is 0.330 e. The molecule has 0 amide bonds. The summed E-state index contributed by atoms with van der Waals surface area (Å²) in [6.45, 7) is 1.89. The van der Waals surface area contributed by atoms with Gasteiger partial charge in [-0.25, -0.2) is 4.39 Å². The van der Waals surface area contributed by atoms with E-state index in [2.05, 4.69) is 10.4 Å². The van der Waals surface area contributed by atoms with Crippen molar-refractivity contribution >= 4 is 11.5 Å². The Morgan fingerprint density at radius 3 is 2.70 bits per heavy atom. The zero-order valence-corrected chi connectivity index (χ0v) is 11.2. The lowest BCUT2D eigenvalue weighted by Crippen LogP contribution is -2.19. The molecule has 0 radical (unpaired) electrons. The van der Waals surface area contributed by atoms with E-state index in [1.54, 1.807) is 19.2 Å². The lowest BCUT2D eigenvalue weighted by Gasteiger charge is -2.12. The SMILES string of the molecule is CC(Cc1ccc(F)cc1)Nc1nn(C)cc1[N+](=O)[O-]. The van der Waals surface area contributed by atoms with E-state index in [-0.39, 0.29) is 23.4 Å². The molecule has 0 fully saturated rings. The molecule has 1 aromatic carbocycles. The van der Waals surface area contributed by atoms with Crippen LogP contribution in [0.2, 0.25) is 0 Å². The van der Waals surface area contributed by atoms with E-state index < -0.39 is 4.92 Å². The van der Waals surface area contributed by atoms with E-state index in [1.807, 2.05) is 6.92 Å². The Bertz CT molecular complexity index is 609.